The number of carbonyl (C=O) groups excluding carboxylic acids is 1. The first-order valence-electron chi connectivity index (χ1n) is 9.95. The fraction of sp³-hybridized carbons (Fsp3) is 0.304. The van der Waals surface area contributed by atoms with E-state index in [0.717, 1.165) is 36.2 Å². The summed E-state index contributed by atoms with van der Waals surface area (Å²) in [5.41, 5.74) is 3.11. The molecule has 2 heterocycles. The molecule has 0 atom stereocenters. The molecule has 5 nitrogen and oxygen atoms in total. The summed E-state index contributed by atoms with van der Waals surface area (Å²) < 4.78 is 0. The molecule has 5 heteroatoms. The van der Waals surface area contributed by atoms with Crippen molar-refractivity contribution in [2.45, 2.75) is 18.8 Å². The Morgan fingerprint density at radius 3 is 2.57 bits per heavy atom. The molecule has 28 heavy (non-hydrogen) atoms. The second-order valence-corrected chi connectivity index (χ2v) is 7.28. The van der Waals surface area contributed by atoms with Crippen molar-refractivity contribution in [2.24, 2.45) is 0 Å². The van der Waals surface area contributed by atoms with Crippen LogP contribution in [0.5, 0.6) is 0 Å². The first-order chi connectivity index (χ1) is 13.8. The SMILES string of the molecule is O=C(NCCN1CCC(c2ccccc2)CC1)Nc1ccnc2ccccc12. The van der Waals surface area contributed by atoms with Gasteiger partial charge in [-0.05, 0) is 49.5 Å². The largest absolute Gasteiger partial charge is 0.337 e. The lowest BCUT2D eigenvalue weighted by Gasteiger charge is -2.32. The number of urea groups is 1. The highest BCUT2D eigenvalue weighted by Gasteiger charge is 2.20. The van der Waals surface area contributed by atoms with Gasteiger partial charge in [0.1, 0.15) is 0 Å². The molecule has 0 spiro atoms. The molecule has 2 aromatic carbocycles. The van der Waals surface area contributed by atoms with E-state index in [9.17, 15) is 4.79 Å². The monoisotopic (exact) mass is 374 g/mol. The van der Waals surface area contributed by atoms with E-state index in [1.807, 2.05) is 30.3 Å². The number of pyridine rings is 1. The molecule has 2 amide bonds. The van der Waals surface area contributed by atoms with Gasteiger partial charge >= 0.3 is 6.03 Å². The second kappa shape index (κ2) is 8.85. The Balaban J connectivity index is 1.22. The molecule has 4 rings (SSSR count). The van der Waals surface area contributed by atoms with Crippen LogP contribution < -0.4 is 10.6 Å². The highest BCUT2D eigenvalue weighted by atomic mass is 16.2. The predicted molar refractivity (Wildman–Crippen MR) is 114 cm³/mol. The normalized spacial score (nSPS) is 15.4. The van der Waals surface area contributed by atoms with Crippen molar-refractivity contribution in [3.63, 3.8) is 0 Å². The molecule has 0 aliphatic carbocycles. The van der Waals surface area contributed by atoms with Gasteiger partial charge in [0.05, 0.1) is 11.2 Å². The first-order valence-corrected chi connectivity index (χ1v) is 9.95. The zero-order chi connectivity index (χ0) is 19.2. The number of fused-ring (bicyclic) bond motifs is 1. The summed E-state index contributed by atoms with van der Waals surface area (Å²) in [6.45, 7) is 3.69. The van der Waals surface area contributed by atoms with Crippen molar-refractivity contribution < 1.29 is 4.79 Å². The summed E-state index contributed by atoms with van der Waals surface area (Å²) in [5, 5.41) is 6.86. The number of hydrogen-bond donors (Lipinski definition) is 2. The van der Waals surface area contributed by atoms with Crippen molar-refractivity contribution >= 4 is 22.6 Å². The Morgan fingerprint density at radius 2 is 1.75 bits per heavy atom. The molecule has 144 valence electrons. The number of rotatable bonds is 5. The summed E-state index contributed by atoms with van der Waals surface area (Å²) in [5.74, 6) is 0.661. The molecule has 0 saturated carbocycles. The average molecular weight is 374 g/mol. The summed E-state index contributed by atoms with van der Waals surface area (Å²) in [4.78, 5) is 19.0. The number of piperidine rings is 1. The van der Waals surface area contributed by atoms with Crippen molar-refractivity contribution in [2.75, 3.05) is 31.5 Å². The maximum absolute atomic E-state index is 12.3. The molecule has 1 aliphatic rings. The Kier molecular flexibility index (Phi) is 5.83. The summed E-state index contributed by atoms with van der Waals surface area (Å²) in [6, 6.07) is 20.2. The van der Waals surface area contributed by atoms with Gasteiger partial charge in [-0.1, -0.05) is 48.5 Å². The fourth-order valence-electron chi connectivity index (χ4n) is 3.91. The first kappa shape index (κ1) is 18.4. The van der Waals surface area contributed by atoms with Crippen LogP contribution in [0.4, 0.5) is 10.5 Å². The number of nitrogens with zero attached hydrogens (tertiary/aromatic N) is 2. The third-order valence-corrected chi connectivity index (χ3v) is 5.47. The molecule has 3 aromatic rings. The number of hydrogen-bond acceptors (Lipinski definition) is 3. The van der Waals surface area contributed by atoms with Crippen LogP contribution in [0.3, 0.4) is 0 Å². The van der Waals surface area contributed by atoms with E-state index in [2.05, 4.69) is 50.8 Å². The predicted octanol–water partition coefficient (Wildman–Crippen LogP) is 4.24. The van der Waals surface area contributed by atoms with E-state index in [0.29, 0.717) is 12.5 Å². The number of benzene rings is 2. The summed E-state index contributed by atoms with van der Waals surface area (Å²) in [6.07, 6.45) is 4.08. The molecule has 1 saturated heterocycles. The molecule has 1 aromatic heterocycles. The topological polar surface area (TPSA) is 57.3 Å². The Hall–Kier alpha value is -2.92. The molecule has 0 bridgehead atoms. The van der Waals surface area contributed by atoms with Gasteiger partial charge in [0.25, 0.3) is 0 Å². The van der Waals surface area contributed by atoms with Crippen molar-refractivity contribution in [1.29, 1.82) is 0 Å². The smallest absolute Gasteiger partial charge is 0.319 e. The number of para-hydroxylation sites is 1. The van der Waals surface area contributed by atoms with Gasteiger partial charge in [0.15, 0.2) is 0 Å². The molecule has 0 unspecified atom stereocenters. The lowest BCUT2D eigenvalue weighted by Crippen LogP contribution is -2.40. The Labute approximate surface area is 165 Å². The van der Waals surface area contributed by atoms with Gasteiger partial charge in [-0.3, -0.25) is 4.98 Å². The van der Waals surface area contributed by atoms with Crippen molar-refractivity contribution in [1.82, 2.24) is 15.2 Å². The number of amides is 2. The quantitative estimate of drug-likeness (QED) is 0.702. The van der Waals surface area contributed by atoms with Gasteiger partial charge in [0.2, 0.25) is 0 Å². The van der Waals surface area contributed by atoms with Gasteiger partial charge in [-0.15, -0.1) is 0 Å². The minimum Gasteiger partial charge on any atom is -0.337 e. The van der Waals surface area contributed by atoms with Crippen LogP contribution in [0.25, 0.3) is 10.9 Å². The maximum atomic E-state index is 12.3. The summed E-state index contributed by atoms with van der Waals surface area (Å²) in [7, 11) is 0. The number of carbonyl (C=O) groups is 1. The summed E-state index contributed by atoms with van der Waals surface area (Å²) >= 11 is 0. The van der Waals surface area contributed by atoms with E-state index in [-0.39, 0.29) is 6.03 Å². The van der Waals surface area contributed by atoms with Crippen LogP contribution in [-0.2, 0) is 0 Å². The van der Waals surface area contributed by atoms with Crippen LogP contribution in [-0.4, -0.2) is 42.1 Å². The highest BCUT2D eigenvalue weighted by molar-refractivity contribution is 6.00. The van der Waals surface area contributed by atoms with Crippen molar-refractivity contribution in [3.8, 4) is 0 Å². The molecular formula is C23H26N4O. The second-order valence-electron chi connectivity index (χ2n) is 7.28. The number of likely N-dealkylation sites (tertiary alicyclic amines) is 1. The van der Waals surface area contributed by atoms with E-state index in [4.69, 9.17) is 0 Å². The van der Waals surface area contributed by atoms with Gasteiger partial charge < -0.3 is 15.5 Å². The van der Waals surface area contributed by atoms with E-state index >= 15 is 0 Å². The molecule has 2 N–H and O–H groups in total. The zero-order valence-corrected chi connectivity index (χ0v) is 16.0. The van der Waals surface area contributed by atoms with Gasteiger partial charge in [-0.2, -0.15) is 0 Å². The molecule has 0 radical (unpaired) electrons. The average Bonchev–Trinajstić information content (AvgIpc) is 2.75. The van der Waals surface area contributed by atoms with Gasteiger partial charge in [0, 0.05) is 24.7 Å². The fourth-order valence-corrected chi connectivity index (χ4v) is 3.91. The van der Waals surface area contributed by atoms with Crippen LogP contribution >= 0.6 is 0 Å². The Morgan fingerprint density at radius 1 is 1.00 bits per heavy atom. The minimum atomic E-state index is -0.171. The molecule has 1 aliphatic heterocycles. The zero-order valence-electron chi connectivity index (χ0n) is 16.0. The number of nitrogens with one attached hydrogen (secondary N) is 2. The van der Waals surface area contributed by atoms with E-state index < -0.39 is 0 Å². The minimum absolute atomic E-state index is 0.171. The Bertz CT molecular complexity index is 915. The van der Waals surface area contributed by atoms with Crippen LogP contribution in [0, 0.1) is 0 Å². The van der Waals surface area contributed by atoms with Crippen molar-refractivity contribution in [3.05, 3.63) is 72.4 Å². The van der Waals surface area contributed by atoms with Crippen LogP contribution in [0.2, 0.25) is 0 Å². The van der Waals surface area contributed by atoms with E-state index in [1.54, 1.807) is 6.20 Å². The highest BCUT2D eigenvalue weighted by Crippen LogP contribution is 2.27. The van der Waals surface area contributed by atoms with Gasteiger partial charge in [-0.25, -0.2) is 4.79 Å². The van der Waals surface area contributed by atoms with Crippen LogP contribution in [0.15, 0.2) is 66.9 Å². The maximum Gasteiger partial charge on any atom is 0.319 e. The number of aromatic nitrogens is 1. The third kappa shape index (κ3) is 4.49. The molecular weight excluding hydrogens is 348 g/mol. The standard InChI is InChI=1S/C23H26N4O/c28-23(26-22-10-13-24-21-9-5-4-8-20(21)22)25-14-17-27-15-11-19(12-16-27)18-6-2-1-3-7-18/h1-10,13,19H,11-12,14-17H2,(H2,24,25,26,28). The lowest BCUT2D eigenvalue weighted by molar-refractivity contribution is 0.211. The third-order valence-electron chi connectivity index (χ3n) is 5.47. The number of anilines is 1. The molecule has 1 fully saturated rings. The van der Waals surface area contributed by atoms with Crippen LogP contribution in [0.1, 0.15) is 24.3 Å². The van der Waals surface area contributed by atoms with E-state index in [1.165, 1.54) is 18.4 Å². The lowest BCUT2D eigenvalue weighted by atomic mass is 9.89.